The lowest BCUT2D eigenvalue weighted by atomic mass is 9.89. The fraction of sp³-hybridized carbons (Fsp3) is 0.944. The van der Waals surface area contributed by atoms with Crippen LogP contribution in [0.4, 0.5) is 0 Å². The summed E-state index contributed by atoms with van der Waals surface area (Å²) < 4.78 is 16.6. The molecule has 0 aromatic carbocycles. The number of nitrogens with zero attached hydrogens (tertiary/aromatic N) is 1. The zero-order valence-electron chi connectivity index (χ0n) is 16.6. The van der Waals surface area contributed by atoms with Crippen molar-refractivity contribution in [3.05, 3.63) is 0 Å². The topological polar surface area (TPSA) is 64.1 Å². The van der Waals surface area contributed by atoms with Crippen LogP contribution in [-0.2, 0) is 14.2 Å². The number of hydrogen-bond acceptors (Lipinski definition) is 4. The second-order valence-electron chi connectivity index (χ2n) is 7.39. The van der Waals surface area contributed by atoms with Crippen LogP contribution in [0.5, 0.6) is 0 Å². The molecule has 2 atom stereocenters. The SMILES string of the molecule is CCNC(=NCC(OC)C(C)(C)C)NCCCOCC1CCOC1.I. The van der Waals surface area contributed by atoms with E-state index in [4.69, 9.17) is 14.2 Å². The van der Waals surface area contributed by atoms with Crippen LogP contribution in [0.3, 0.4) is 0 Å². The smallest absolute Gasteiger partial charge is 0.191 e. The Hall–Kier alpha value is -0.120. The van der Waals surface area contributed by atoms with Crippen LogP contribution in [0.15, 0.2) is 4.99 Å². The Balaban J connectivity index is 0.00000576. The number of halogens is 1. The lowest BCUT2D eigenvalue weighted by Gasteiger charge is -2.28. The molecular formula is C18H38IN3O3. The number of ether oxygens (including phenoxy) is 3. The quantitative estimate of drug-likeness (QED) is 0.222. The summed E-state index contributed by atoms with van der Waals surface area (Å²) in [6, 6.07) is 0. The van der Waals surface area contributed by atoms with Crippen molar-refractivity contribution < 1.29 is 14.2 Å². The number of rotatable bonds is 10. The van der Waals surface area contributed by atoms with Crippen LogP contribution in [0.1, 0.15) is 40.5 Å². The third-order valence-electron chi connectivity index (χ3n) is 4.15. The largest absolute Gasteiger partial charge is 0.381 e. The molecule has 0 saturated carbocycles. The Bertz CT molecular complexity index is 356. The molecule has 0 spiro atoms. The minimum absolute atomic E-state index is 0. The highest BCUT2D eigenvalue weighted by molar-refractivity contribution is 14.0. The summed E-state index contributed by atoms with van der Waals surface area (Å²) in [5.41, 5.74) is 0.0768. The molecule has 25 heavy (non-hydrogen) atoms. The number of nitrogens with one attached hydrogen (secondary N) is 2. The van der Waals surface area contributed by atoms with Gasteiger partial charge < -0.3 is 24.8 Å². The van der Waals surface area contributed by atoms with E-state index in [-0.39, 0.29) is 35.5 Å². The molecule has 0 aromatic heterocycles. The van der Waals surface area contributed by atoms with E-state index in [0.29, 0.717) is 12.5 Å². The average Bonchev–Trinajstić information content (AvgIpc) is 3.03. The maximum atomic E-state index is 5.72. The van der Waals surface area contributed by atoms with E-state index in [1.807, 2.05) is 0 Å². The second-order valence-corrected chi connectivity index (χ2v) is 7.39. The first-order valence-corrected chi connectivity index (χ1v) is 9.17. The molecule has 0 amide bonds. The lowest BCUT2D eigenvalue weighted by molar-refractivity contribution is 0.0241. The van der Waals surface area contributed by atoms with Gasteiger partial charge in [-0.15, -0.1) is 24.0 Å². The van der Waals surface area contributed by atoms with E-state index >= 15 is 0 Å². The predicted octanol–water partition coefficient (Wildman–Crippen LogP) is 2.66. The van der Waals surface area contributed by atoms with E-state index in [9.17, 15) is 0 Å². The number of guanidine groups is 1. The van der Waals surface area contributed by atoms with E-state index in [2.05, 4.69) is 43.3 Å². The van der Waals surface area contributed by atoms with Gasteiger partial charge in [0.25, 0.3) is 0 Å². The van der Waals surface area contributed by atoms with Gasteiger partial charge >= 0.3 is 0 Å². The first-order chi connectivity index (χ1) is 11.5. The summed E-state index contributed by atoms with van der Waals surface area (Å²) in [5, 5.41) is 6.63. The molecule has 0 radical (unpaired) electrons. The molecule has 150 valence electrons. The van der Waals surface area contributed by atoms with Gasteiger partial charge in [0.1, 0.15) is 0 Å². The van der Waals surface area contributed by atoms with Gasteiger partial charge in [0.05, 0.1) is 25.9 Å². The van der Waals surface area contributed by atoms with E-state index in [1.165, 1.54) is 0 Å². The maximum absolute atomic E-state index is 5.72. The maximum Gasteiger partial charge on any atom is 0.191 e. The summed E-state index contributed by atoms with van der Waals surface area (Å²) in [6.45, 7) is 14.2. The fourth-order valence-electron chi connectivity index (χ4n) is 2.56. The molecule has 1 saturated heterocycles. The van der Waals surface area contributed by atoms with Crippen LogP contribution < -0.4 is 10.6 Å². The Kier molecular flexibility index (Phi) is 13.9. The number of hydrogen-bond donors (Lipinski definition) is 2. The summed E-state index contributed by atoms with van der Waals surface area (Å²) >= 11 is 0. The van der Waals surface area contributed by atoms with E-state index in [1.54, 1.807) is 7.11 Å². The molecule has 0 bridgehead atoms. The zero-order chi connectivity index (χ0) is 17.8. The van der Waals surface area contributed by atoms with Crippen molar-refractivity contribution in [2.75, 3.05) is 53.2 Å². The molecule has 1 heterocycles. The summed E-state index contributed by atoms with van der Waals surface area (Å²) in [4.78, 5) is 4.64. The van der Waals surface area contributed by atoms with Crippen molar-refractivity contribution >= 4 is 29.9 Å². The Morgan fingerprint density at radius 1 is 1.32 bits per heavy atom. The average molecular weight is 471 g/mol. The van der Waals surface area contributed by atoms with Gasteiger partial charge in [0.15, 0.2) is 5.96 Å². The molecule has 0 aliphatic carbocycles. The monoisotopic (exact) mass is 471 g/mol. The van der Waals surface area contributed by atoms with Crippen molar-refractivity contribution in [1.29, 1.82) is 0 Å². The van der Waals surface area contributed by atoms with Gasteiger partial charge in [0, 0.05) is 39.3 Å². The molecule has 1 fully saturated rings. The molecule has 2 unspecified atom stereocenters. The highest BCUT2D eigenvalue weighted by Gasteiger charge is 2.24. The molecule has 0 aromatic rings. The second kappa shape index (κ2) is 14.0. The minimum Gasteiger partial charge on any atom is -0.381 e. The summed E-state index contributed by atoms with van der Waals surface area (Å²) in [5.74, 6) is 1.42. The van der Waals surface area contributed by atoms with Crippen LogP contribution in [0.25, 0.3) is 0 Å². The van der Waals surface area contributed by atoms with Gasteiger partial charge in [-0.3, -0.25) is 4.99 Å². The first kappa shape index (κ1) is 24.9. The van der Waals surface area contributed by atoms with Gasteiger partial charge in [-0.05, 0) is 25.2 Å². The molecule has 6 nitrogen and oxygen atoms in total. The molecular weight excluding hydrogens is 433 g/mol. The summed E-state index contributed by atoms with van der Waals surface area (Å²) in [6.07, 6.45) is 2.19. The van der Waals surface area contributed by atoms with Crippen molar-refractivity contribution in [1.82, 2.24) is 10.6 Å². The summed E-state index contributed by atoms with van der Waals surface area (Å²) in [7, 11) is 1.75. The van der Waals surface area contributed by atoms with Crippen molar-refractivity contribution in [2.45, 2.75) is 46.6 Å². The zero-order valence-corrected chi connectivity index (χ0v) is 18.9. The normalized spacial score (nSPS) is 19.4. The molecule has 2 N–H and O–H groups in total. The fourth-order valence-corrected chi connectivity index (χ4v) is 2.56. The van der Waals surface area contributed by atoms with Crippen molar-refractivity contribution in [2.24, 2.45) is 16.3 Å². The van der Waals surface area contributed by atoms with Gasteiger partial charge in [-0.25, -0.2) is 0 Å². The highest BCUT2D eigenvalue weighted by Crippen LogP contribution is 2.21. The number of methoxy groups -OCH3 is 1. The van der Waals surface area contributed by atoms with Crippen LogP contribution in [0.2, 0.25) is 0 Å². The molecule has 1 aliphatic rings. The molecule has 1 aliphatic heterocycles. The van der Waals surface area contributed by atoms with E-state index < -0.39 is 0 Å². The van der Waals surface area contributed by atoms with Crippen molar-refractivity contribution in [3.8, 4) is 0 Å². The Labute approximate surface area is 170 Å². The predicted molar refractivity (Wildman–Crippen MR) is 114 cm³/mol. The highest BCUT2D eigenvalue weighted by atomic mass is 127. The standard InChI is InChI=1S/C18H37N3O3.HI/c1-6-19-17(21-12-16(22-5)18(2,3)4)20-9-7-10-23-13-15-8-11-24-14-15;/h15-16H,6-14H2,1-5H3,(H2,19,20,21);1H. The molecule has 1 rings (SSSR count). The third kappa shape index (κ3) is 11.2. The van der Waals surface area contributed by atoms with Gasteiger partial charge in [-0.2, -0.15) is 0 Å². The van der Waals surface area contributed by atoms with Gasteiger partial charge in [-0.1, -0.05) is 20.8 Å². The minimum atomic E-state index is 0. The van der Waals surface area contributed by atoms with Crippen LogP contribution in [0, 0.1) is 11.3 Å². The van der Waals surface area contributed by atoms with Crippen LogP contribution in [-0.4, -0.2) is 65.2 Å². The Morgan fingerprint density at radius 2 is 2.08 bits per heavy atom. The first-order valence-electron chi connectivity index (χ1n) is 9.17. The lowest BCUT2D eigenvalue weighted by Crippen LogP contribution is -2.40. The van der Waals surface area contributed by atoms with Crippen LogP contribution >= 0.6 is 24.0 Å². The molecule has 7 heteroatoms. The van der Waals surface area contributed by atoms with E-state index in [0.717, 1.165) is 58.3 Å². The third-order valence-corrected chi connectivity index (χ3v) is 4.15. The van der Waals surface area contributed by atoms with Crippen molar-refractivity contribution in [3.63, 3.8) is 0 Å². The van der Waals surface area contributed by atoms with Gasteiger partial charge in [0.2, 0.25) is 0 Å². The number of aliphatic imine (C=N–C) groups is 1. The Morgan fingerprint density at radius 3 is 2.64 bits per heavy atom.